The molecular formula is C11H16N6OS2. The predicted octanol–water partition coefficient (Wildman–Crippen LogP) is 0.905. The third kappa shape index (κ3) is 3.05. The summed E-state index contributed by atoms with van der Waals surface area (Å²) >= 11 is 2.72. The molecule has 0 radical (unpaired) electrons. The Balaban J connectivity index is 1.56. The lowest BCUT2D eigenvalue weighted by molar-refractivity contribution is 0.201. The van der Waals surface area contributed by atoms with E-state index in [9.17, 15) is 0 Å². The Morgan fingerprint density at radius 2 is 2.00 bits per heavy atom. The predicted molar refractivity (Wildman–Crippen MR) is 79.8 cm³/mol. The van der Waals surface area contributed by atoms with Gasteiger partial charge in [-0.25, -0.2) is 4.98 Å². The minimum absolute atomic E-state index is 0.667. The van der Waals surface area contributed by atoms with Gasteiger partial charge in [0.25, 0.3) is 0 Å². The van der Waals surface area contributed by atoms with Gasteiger partial charge in [0, 0.05) is 51.2 Å². The highest BCUT2D eigenvalue weighted by atomic mass is 32.1. The maximum absolute atomic E-state index is 5.05. The molecule has 7 nitrogen and oxygen atoms in total. The minimum atomic E-state index is 0.667. The van der Waals surface area contributed by atoms with Crippen LogP contribution in [0.5, 0.6) is 0 Å². The van der Waals surface area contributed by atoms with Crippen LogP contribution in [0.2, 0.25) is 0 Å². The second kappa shape index (κ2) is 6.42. The largest absolute Gasteiger partial charge is 0.384 e. The Kier molecular flexibility index (Phi) is 4.38. The molecule has 1 aliphatic rings. The van der Waals surface area contributed by atoms with E-state index in [0.29, 0.717) is 6.61 Å². The van der Waals surface area contributed by atoms with Gasteiger partial charge in [0.2, 0.25) is 5.13 Å². The van der Waals surface area contributed by atoms with Gasteiger partial charge in [-0.05, 0) is 0 Å². The summed E-state index contributed by atoms with van der Waals surface area (Å²) < 4.78 is 17.7. The van der Waals surface area contributed by atoms with Gasteiger partial charge < -0.3 is 14.5 Å². The molecule has 2 aromatic heterocycles. The second-order valence-corrected chi connectivity index (χ2v) is 5.76. The number of ether oxygens (including phenoxy) is 1. The third-order valence-electron chi connectivity index (χ3n) is 3.21. The molecule has 0 aromatic carbocycles. The van der Waals surface area contributed by atoms with Crippen LogP contribution in [0.1, 0.15) is 5.82 Å². The lowest BCUT2D eigenvalue weighted by Crippen LogP contribution is -2.46. The van der Waals surface area contributed by atoms with Gasteiger partial charge >= 0.3 is 0 Å². The fourth-order valence-electron chi connectivity index (χ4n) is 2.09. The van der Waals surface area contributed by atoms with Crippen molar-refractivity contribution >= 4 is 34.2 Å². The van der Waals surface area contributed by atoms with Crippen molar-refractivity contribution < 1.29 is 4.74 Å². The Bertz CT molecular complexity index is 523. The first-order chi connectivity index (χ1) is 9.86. The summed E-state index contributed by atoms with van der Waals surface area (Å²) in [4.78, 5) is 9.11. The number of nitrogens with zero attached hydrogens (tertiary/aromatic N) is 6. The number of rotatable bonds is 5. The van der Waals surface area contributed by atoms with Crippen LogP contribution in [0, 0.1) is 0 Å². The number of anilines is 2. The molecule has 20 heavy (non-hydrogen) atoms. The highest BCUT2D eigenvalue weighted by Gasteiger charge is 2.21. The van der Waals surface area contributed by atoms with Crippen LogP contribution < -0.4 is 9.80 Å². The molecule has 0 bridgehead atoms. The molecule has 1 aliphatic heterocycles. The Labute approximate surface area is 125 Å². The molecule has 1 saturated heterocycles. The fourth-order valence-corrected chi connectivity index (χ4v) is 3.29. The van der Waals surface area contributed by atoms with Crippen LogP contribution >= 0.6 is 23.3 Å². The highest BCUT2D eigenvalue weighted by molar-refractivity contribution is 7.09. The molecule has 0 unspecified atom stereocenters. The van der Waals surface area contributed by atoms with E-state index in [1.807, 2.05) is 6.20 Å². The van der Waals surface area contributed by atoms with E-state index in [1.54, 1.807) is 7.11 Å². The van der Waals surface area contributed by atoms with E-state index in [1.165, 1.54) is 23.3 Å². The molecule has 0 atom stereocenters. The van der Waals surface area contributed by atoms with Crippen LogP contribution in [-0.2, 0) is 11.2 Å². The smallest absolute Gasteiger partial charge is 0.205 e. The lowest BCUT2D eigenvalue weighted by Gasteiger charge is -2.34. The van der Waals surface area contributed by atoms with E-state index in [4.69, 9.17) is 4.74 Å². The Hall–Kier alpha value is -1.32. The molecule has 0 saturated carbocycles. The first kappa shape index (κ1) is 13.7. The second-order valence-electron chi connectivity index (χ2n) is 4.48. The summed E-state index contributed by atoms with van der Waals surface area (Å²) in [6.45, 7) is 4.43. The van der Waals surface area contributed by atoms with Crippen LogP contribution in [0.3, 0.4) is 0 Å². The lowest BCUT2D eigenvalue weighted by atomic mass is 10.3. The molecule has 3 rings (SSSR count). The zero-order valence-electron chi connectivity index (χ0n) is 11.2. The first-order valence-corrected chi connectivity index (χ1v) is 7.96. The molecule has 108 valence electrons. The number of aromatic nitrogens is 4. The summed E-state index contributed by atoms with van der Waals surface area (Å²) in [5, 5.41) is 1.01. The number of piperazine rings is 1. The molecule has 1 fully saturated rings. The maximum atomic E-state index is 5.05. The van der Waals surface area contributed by atoms with Gasteiger partial charge in [-0.2, -0.15) is 13.1 Å². The average Bonchev–Trinajstić information content (AvgIpc) is 3.17. The van der Waals surface area contributed by atoms with Crippen molar-refractivity contribution in [3.05, 3.63) is 12.0 Å². The molecule has 3 heterocycles. The topological polar surface area (TPSA) is 67.3 Å². The number of hydrogen-bond acceptors (Lipinski definition) is 9. The fraction of sp³-hybridized carbons (Fsp3) is 0.636. The zero-order valence-corrected chi connectivity index (χ0v) is 12.9. The SMILES string of the molecule is COCCc1nsc(N2CCN(c3cnsn3)CC2)n1. The van der Waals surface area contributed by atoms with Crippen LogP contribution in [-0.4, -0.2) is 58.0 Å². The molecule has 0 N–H and O–H groups in total. The normalized spacial score (nSPS) is 15.8. The van der Waals surface area contributed by atoms with Crippen molar-refractivity contribution in [2.45, 2.75) is 6.42 Å². The maximum Gasteiger partial charge on any atom is 0.205 e. The van der Waals surface area contributed by atoms with Gasteiger partial charge in [0.05, 0.1) is 24.5 Å². The Morgan fingerprint density at radius 1 is 1.20 bits per heavy atom. The average molecular weight is 312 g/mol. The van der Waals surface area contributed by atoms with E-state index in [0.717, 1.165) is 49.4 Å². The van der Waals surface area contributed by atoms with Gasteiger partial charge in [-0.3, -0.25) is 0 Å². The summed E-state index contributed by atoms with van der Waals surface area (Å²) in [5.74, 6) is 1.85. The molecular weight excluding hydrogens is 296 g/mol. The van der Waals surface area contributed by atoms with Gasteiger partial charge in [-0.1, -0.05) is 0 Å². The summed E-state index contributed by atoms with van der Waals surface area (Å²) in [6.07, 6.45) is 2.60. The van der Waals surface area contributed by atoms with Gasteiger partial charge in [-0.15, -0.1) is 0 Å². The van der Waals surface area contributed by atoms with E-state index in [-0.39, 0.29) is 0 Å². The van der Waals surface area contributed by atoms with E-state index < -0.39 is 0 Å². The molecule has 0 spiro atoms. The molecule has 2 aromatic rings. The standard InChI is InChI=1S/C11H16N6OS2/c1-18-7-2-9-13-11(19-14-9)17-5-3-16(4-6-17)10-8-12-20-15-10/h8H,2-7H2,1H3. The van der Waals surface area contributed by atoms with Crippen LogP contribution in [0.4, 0.5) is 10.9 Å². The quantitative estimate of drug-likeness (QED) is 0.812. The number of methoxy groups -OCH3 is 1. The van der Waals surface area contributed by atoms with E-state index >= 15 is 0 Å². The van der Waals surface area contributed by atoms with Crippen molar-refractivity contribution in [3.63, 3.8) is 0 Å². The minimum Gasteiger partial charge on any atom is -0.384 e. The number of hydrogen-bond donors (Lipinski definition) is 0. The monoisotopic (exact) mass is 312 g/mol. The van der Waals surface area contributed by atoms with Crippen LogP contribution in [0.15, 0.2) is 6.20 Å². The Morgan fingerprint density at radius 3 is 2.70 bits per heavy atom. The zero-order chi connectivity index (χ0) is 13.8. The van der Waals surface area contributed by atoms with E-state index in [2.05, 4.69) is 27.9 Å². The summed E-state index contributed by atoms with van der Waals surface area (Å²) in [7, 11) is 1.69. The van der Waals surface area contributed by atoms with Crippen molar-refractivity contribution in [2.24, 2.45) is 0 Å². The third-order valence-corrected chi connectivity index (χ3v) is 4.49. The van der Waals surface area contributed by atoms with Crippen LogP contribution in [0.25, 0.3) is 0 Å². The first-order valence-electron chi connectivity index (χ1n) is 6.46. The molecule has 0 amide bonds. The summed E-state index contributed by atoms with van der Waals surface area (Å²) in [5.41, 5.74) is 0. The van der Waals surface area contributed by atoms with Crippen molar-refractivity contribution in [3.8, 4) is 0 Å². The van der Waals surface area contributed by atoms with Crippen molar-refractivity contribution in [1.82, 2.24) is 18.1 Å². The van der Waals surface area contributed by atoms with Crippen molar-refractivity contribution in [1.29, 1.82) is 0 Å². The van der Waals surface area contributed by atoms with Crippen molar-refractivity contribution in [2.75, 3.05) is 49.7 Å². The van der Waals surface area contributed by atoms with Gasteiger partial charge in [0.1, 0.15) is 5.82 Å². The molecule has 0 aliphatic carbocycles. The van der Waals surface area contributed by atoms with Gasteiger partial charge in [0.15, 0.2) is 5.82 Å². The molecule has 9 heteroatoms. The highest BCUT2D eigenvalue weighted by Crippen LogP contribution is 2.21. The summed E-state index contributed by atoms with van der Waals surface area (Å²) in [6, 6.07) is 0.